The van der Waals surface area contributed by atoms with Crippen molar-refractivity contribution in [2.75, 3.05) is 32.7 Å². The number of carbonyl (C=O) groups excluding carboxylic acids is 3. The van der Waals surface area contributed by atoms with Crippen molar-refractivity contribution in [1.29, 1.82) is 0 Å². The third kappa shape index (κ3) is 7.51. The minimum Gasteiger partial charge on any atom is -0.368 e. The van der Waals surface area contributed by atoms with Crippen LogP contribution in [0.2, 0.25) is 0 Å². The lowest BCUT2D eigenvalue weighted by Crippen LogP contribution is -2.63. The molecule has 0 unspecified atom stereocenters. The Hall–Kier alpha value is -2.12. The summed E-state index contributed by atoms with van der Waals surface area (Å²) in [4.78, 5) is 38.5. The molecule has 31 heavy (non-hydrogen) atoms. The molecular weight excluding hydrogens is 397 g/mol. The smallest absolute Gasteiger partial charge is 0.238 e. The third-order valence-corrected chi connectivity index (χ3v) is 6.15. The molecule has 3 rings (SSSR count). The van der Waals surface area contributed by atoms with Crippen LogP contribution in [0.25, 0.3) is 0 Å². The monoisotopic (exact) mass is 433 g/mol. The van der Waals surface area contributed by atoms with Crippen molar-refractivity contribution in [2.24, 2.45) is 5.73 Å². The van der Waals surface area contributed by atoms with Gasteiger partial charge in [0.15, 0.2) is 5.78 Å². The summed E-state index contributed by atoms with van der Waals surface area (Å²) in [6.07, 6.45) is 6.29. The van der Waals surface area contributed by atoms with Crippen molar-refractivity contribution in [2.45, 2.75) is 64.3 Å². The molecule has 7 heteroatoms. The van der Waals surface area contributed by atoms with Gasteiger partial charge in [0.25, 0.3) is 0 Å². The summed E-state index contributed by atoms with van der Waals surface area (Å²) in [6, 6.07) is 5.72. The van der Waals surface area contributed by atoms with Gasteiger partial charge >= 0.3 is 0 Å². The van der Waals surface area contributed by atoms with Crippen LogP contribution in [0.4, 0.5) is 4.39 Å². The third-order valence-electron chi connectivity index (χ3n) is 6.15. The molecule has 0 aliphatic carbocycles. The van der Waals surface area contributed by atoms with E-state index in [2.05, 4.69) is 9.80 Å². The summed E-state index contributed by atoms with van der Waals surface area (Å²) in [6.45, 7) is 7.50. The van der Waals surface area contributed by atoms with Crippen molar-refractivity contribution < 1.29 is 18.8 Å². The minimum atomic E-state index is -0.485. The number of Topliss-reactive ketones (excluding diaryl/α,β-unsaturated/α-hetero) is 2. The van der Waals surface area contributed by atoms with Crippen LogP contribution >= 0.6 is 0 Å². The number of hydrogen-bond acceptors (Lipinski definition) is 5. The van der Waals surface area contributed by atoms with Crippen molar-refractivity contribution in [3.05, 3.63) is 35.6 Å². The number of likely N-dealkylation sites (tertiary alicyclic amines) is 2. The van der Waals surface area contributed by atoms with Gasteiger partial charge in [-0.05, 0) is 89.9 Å². The molecule has 2 fully saturated rings. The number of nitrogens with two attached hydrogens (primary N) is 1. The van der Waals surface area contributed by atoms with E-state index in [-0.39, 0.29) is 23.3 Å². The van der Waals surface area contributed by atoms with Gasteiger partial charge in [-0.2, -0.15) is 0 Å². The molecule has 2 N–H and O–H groups in total. The molecule has 0 bridgehead atoms. The molecule has 0 spiro atoms. The van der Waals surface area contributed by atoms with E-state index in [1.54, 1.807) is 12.1 Å². The van der Waals surface area contributed by atoms with E-state index in [0.29, 0.717) is 12.0 Å². The van der Waals surface area contributed by atoms with Gasteiger partial charge in [-0.25, -0.2) is 4.39 Å². The average molecular weight is 434 g/mol. The number of hydrogen-bond donors (Lipinski definition) is 1. The second-order valence-electron chi connectivity index (χ2n) is 8.73. The normalized spacial score (nSPS) is 19.2. The summed E-state index contributed by atoms with van der Waals surface area (Å²) in [7, 11) is 0. The maximum absolute atomic E-state index is 12.9. The number of halogens is 1. The van der Waals surface area contributed by atoms with Crippen molar-refractivity contribution in [3.63, 3.8) is 0 Å². The summed E-state index contributed by atoms with van der Waals surface area (Å²) in [5, 5.41) is 0. The fourth-order valence-electron chi connectivity index (χ4n) is 4.43. The second-order valence-corrected chi connectivity index (χ2v) is 8.73. The number of benzene rings is 1. The highest BCUT2D eigenvalue weighted by molar-refractivity contribution is 5.95. The lowest BCUT2D eigenvalue weighted by Gasteiger charge is -2.48. The number of amides is 1. The molecule has 1 amide bonds. The van der Waals surface area contributed by atoms with Gasteiger partial charge in [0.2, 0.25) is 5.91 Å². The Balaban J connectivity index is 0.000000785. The first kappa shape index (κ1) is 25.1. The van der Waals surface area contributed by atoms with Crippen LogP contribution in [0.5, 0.6) is 0 Å². The first-order valence-electron chi connectivity index (χ1n) is 11.3. The van der Waals surface area contributed by atoms with Crippen LogP contribution in [0, 0.1) is 5.82 Å². The number of ketones is 2. The molecule has 0 saturated carbocycles. The van der Waals surface area contributed by atoms with E-state index < -0.39 is 5.54 Å². The maximum Gasteiger partial charge on any atom is 0.238 e. The van der Waals surface area contributed by atoms with Crippen molar-refractivity contribution in [3.8, 4) is 0 Å². The largest absolute Gasteiger partial charge is 0.368 e. The number of nitrogens with zero attached hydrogens (tertiary/aromatic N) is 2. The Bertz CT molecular complexity index is 733. The Labute approximate surface area is 185 Å². The number of piperidine rings is 2. The predicted molar refractivity (Wildman–Crippen MR) is 119 cm³/mol. The Kier molecular flexibility index (Phi) is 9.78. The zero-order valence-corrected chi connectivity index (χ0v) is 18.9. The maximum atomic E-state index is 12.9. The molecule has 172 valence electrons. The van der Waals surface area contributed by atoms with Crippen molar-refractivity contribution >= 4 is 17.5 Å². The molecular formula is C24H36FN3O3. The van der Waals surface area contributed by atoms with E-state index in [4.69, 9.17) is 5.73 Å². The predicted octanol–water partition coefficient (Wildman–Crippen LogP) is 3.19. The van der Waals surface area contributed by atoms with E-state index in [9.17, 15) is 18.8 Å². The minimum absolute atomic E-state index is 0.0480. The second kappa shape index (κ2) is 12.1. The number of carbonyl (C=O) groups is 3. The van der Waals surface area contributed by atoms with E-state index >= 15 is 0 Å². The zero-order valence-electron chi connectivity index (χ0n) is 18.9. The fraction of sp³-hybridized carbons (Fsp3) is 0.625. The molecule has 0 aromatic heterocycles. The van der Waals surface area contributed by atoms with Gasteiger partial charge in [-0.15, -0.1) is 0 Å². The van der Waals surface area contributed by atoms with E-state index in [1.165, 1.54) is 32.4 Å². The molecule has 2 aliphatic rings. The van der Waals surface area contributed by atoms with Gasteiger partial charge in [0.05, 0.1) is 0 Å². The van der Waals surface area contributed by atoms with Gasteiger partial charge in [0.1, 0.15) is 17.1 Å². The topological polar surface area (TPSA) is 83.7 Å². The molecule has 2 aliphatic heterocycles. The lowest BCUT2D eigenvalue weighted by atomic mass is 9.83. The summed E-state index contributed by atoms with van der Waals surface area (Å²) >= 11 is 0. The van der Waals surface area contributed by atoms with Crippen LogP contribution < -0.4 is 5.73 Å². The lowest BCUT2D eigenvalue weighted by molar-refractivity contribution is -0.135. The zero-order chi connectivity index (χ0) is 22.9. The molecule has 2 saturated heterocycles. The van der Waals surface area contributed by atoms with Crippen LogP contribution in [-0.2, 0) is 9.59 Å². The van der Waals surface area contributed by atoms with Gasteiger partial charge in [0, 0.05) is 25.1 Å². The quantitative estimate of drug-likeness (QED) is 0.668. The van der Waals surface area contributed by atoms with Crippen molar-refractivity contribution in [1.82, 2.24) is 9.80 Å². The molecule has 6 nitrogen and oxygen atoms in total. The highest BCUT2D eigenvalue weighted by Crippen LogP contribution is 2.31. The fourth-order valence-corrected chi connectivity index (χ4v) is 4.43. The highest BCUT2D eigenvalue weighted by atomic mass is 19.1. The van der Waals surface area contributed by atoms with Crippen LogP contribution in [0.15, 0.2) is 24.3 Å². The van der Waals surface area contributed by atoms with Crippen LogP contribution in [-0.4, -0.2) is 65.5 Å². The summed E-state index contributed by atoms with van der Waals surface area (Å²) in [5.41, 5.74) is 5.90. The summed E-state index contributed by atoms with van der Waals surface area (Å²) < 4.78 is 12.9. The standard InChI is InChI=1S/C21H30FN3O2.C3H6O/c22-18-8-6-17(7-9-18)19(26)5-4-12-24-15-10-21(11-16-24,20(23)27)25-13-2-1-3-14-25;1-3(2)4/h6-9H,1-5,10-16H2,(H2,23,27);1-2H3. The average Bonchev–Trinajstić information content (AvgIpc) is 2.75. The van der Waals surface area contributed by atoms with Gasteiger partial charge in [-0.3, -0.25) is 14.5 Å². The van der Waals surface area contributed by atoms with Crippen LogP contribution in [0.1, 0.15) is 69.2 Å². The van der Waals surface area contributed by atoms with Gasteiger partial charge in [-0.1, -0.05) is 6.42 Å². The Morgan fingerprint density at radius 3 is 2.03 bits per heavy atom. The molecule has 0 radical (unpaired) electrons. The number of rotatable bonds is 7. The molecule has 1 aromatic rings. The Morgan fingerprint density at radius 1 is 0.968 bits per heavy atom. The molecule has 2 heterocycles. The first-order valence-corrected chi connectivity index (χ1v) is 11.3. The van der Waals surface area contributed by atoms with Gasteiger partial charge < -0.3 is 15.4 Å². The van der Waals surface area contributed by atoms with Crippen LogP contribution in [0.3, 0.4) is 0 Å². The van der Waals surface area contributed by atoms with E-state index in [0.717, 1.165) is 64.8 Å². The summed E-state index contributed by atoms with van der Waals surface area (Å²) in [5.74, 6) is -0.297. The molecule has 0 atom stereocenters. The highest BCUT2D eigenvalue weighted by Gasteiger charge is 2.44. The SMILES string of the molecule is CC(C)=O.NC(=O)C1(N2CCCCC2)CCN(CCCC(=O)c2ccc(F)cc2)CC1. The Morgan fingerprint density at radius 2 is 1.52 bits per heavy atom. The number of primary amides is 1. The molecule has 1 aromatic carbocycles. The first-order chi connectivity index (χ1) is 14.7. The van der Waals surface area contributed by atoms with E-state index in [1.807, 2.05) is 0 Å².